The summed E-state index contributed by atoms with van der Waals surface area (Å²) in [6.45, 7) is 0.932. The summed E-state index contributed by atoms with van der Waals surface area (Å²) in [5, 5.41) is 4.05. The van der Waals surface area contributed by atoms with Crippen LogP contribution in [0.3, 0.4) is 0 Å². The molecule has 3 rings (SSSR count). The van der Waals surface area contributed by atoms with Crippen LogP contribution in [-0.4, -0.2) is 69.5 Å². The molecule has 29 heavy (non-hydrogen) atoms. The summed E-state index contributed by atoms with van der Waals surface area (Å²) >= 11 is 0.871. The van der Waals surface area contributed by atoms with E-state index in [4.69, 9.17) is 14.2 Å². The number of carbonyl (C=O) groups excluding carboxylic acids is 1. The minimum absolute atomic E-state index is 0.171. The summed E-state index contributed by atoms with van der Waals surface area (Å²) in [5.74, 6) is 0.823. The Bertz CT molecular complexity index is 980. The van der Waals surface area contributed by atoms with E-state index >= 15 is 0 Å². The maximum atomic E-state index is 13.2. The van der Waals surface area contributed by atoms with Crippen LogP contribution in [0.2, 0.25) is 0 Å². The lowest BCUT2D eigenvalue weighted by molar-refractivity contribution is 0.0704. The zero-order chi connectivity index (χ0) is 21.2. The Labute approximate surface area is 173 Å². The first kappa shape index (κ1) is 21.3. The highest BCUT2D eigenvalue weighted by molar-refractivity contribution is 7.92. The first-order valence-corrected chi connectivity index (χ1v) is 11.6. The van der Waals surface area contributed by atoms with E-state index in [1.807, 2.05) is 0 Å². The number of carbonyl (C=O) groups is 1. The van der Waals surface area contributed by atoms with Crippen molar-refractivity contribution in [2.75, 3.05) is 40.7 Å². The van der Waals surface area contributed by atoms with Crippen LogP contribution in [0.4, 0.5) is 0 Å². The van der Waals surface area contributed by atoms with Crippen molar-refractivity contribution in [1.29, 1.82) is 0 Å². The van der Waals surface area contributed by atoms with Gasteiger partial charge in [0, 0.05) is 42.4 Å². The number of sulfone groups is 1. The van der Waals surface area contributed by atoms with E-state index in [9.17, 15) is 13.2 Å². The Morgan fingerprint density at radius 2 is 1.83 bits per heavy atom. The molecule has 1 aromatic heterocycles. The number of aromatic nitrogens is 2. The smallest absolute Gasteiger partial charge is 0.254 e. The highest BCUT2D eigenvalue weighted by Gasteiger charge is 2.32. The molecule has 1 aromatic carbocycles. The topological polar surface area (TPSA) is 108 Å². The fourth-order valence-electron chi connectivity index (χ4n) is 3.47. The number of ether oxygens (including phenoxy) is 3. The molecule has 2 aromatic rings. The average molecular weight is 442 g/mol. The molecule has 1 amide bonds. The maximum Gasteiger partial charge on any atom is 0.254 e. The van der Waals surface area contributed by atoms with Crippen LogP contribution < -0.4 is 14.2 Å². The Kier molecular flexibility index (Phi) is 6.27. The Morgan fingerprint density at radius 1 is 1.17 bits per heavy atom. The Hall–Kier alpha value is -2.40. The van der Waals surface area contributed by atoms with Crippen LogP contribution in [0.5, 0.6) is 17.2 Å². The SMILES string of the molecule is COc1cc(C(=O)N2CCCC(c3nnsc3S(C)(=O)=O)C2)cc(OC)c1OC. The molecule has 1 aliphatic rings. The fourth-order valence-corrected chi connectivity index (χ4v) is 5.20. The number of nitrogens with zero attached hydrogens (tertiary/aromatic N) is 3. The standard InChI is InChI=1S/C18H23N3O6S2/c1-25-13-8-12(9-14(26-2)16(13)27-3)17(22)21-7-5-6-11(10-21)15-18(28-20-19-15)29(4,23)24/h8-9,11H,5-7,10H2,1-4H3. The molecular weight excluding hydrogens is 418 g/mol. The van der Waals surface area contributed by atoms with Crippen molar-refractivity contribution in [2.24, 2.45) is 0 Å². The second-order valence-corrected chi connectivity index (χ2v) is 9.69. The number of amides is 1. The molecule has 1 saturated heterocycles. The van der Waals surface area contributed by atoms with Crippen molar-refractivity contribution in [3.05, 3.63) is 23.4 Å². The second-order valence-electron chi connectivity index (χ2n) is 6.72. The number of hydrogen-bond acceptors (Lipinski definition) is 9. The van der Waals surface area contributed by atoms with E-state index in [2.05, 4.69) is 9.59 Å². The number of benzene rings is 1. The minimum Gasteiger partial charge on any atom is -0.493 e. The molecule has 1 unspecified atom stereocenters. The molecule has 9 nitrogen and oxygen atoms in total. The van der Waals surface area contributed by atoms with Gasteiger partial charge < -0.3 is 19.1 Å². The molecule has 1 aliphatic heterocycles. The second kappa shape index (κ2) is 8.54. The van der Waals surface area contributed by atoms with Gasteiger partial charge >= 0.3 is 0 Å². The average Bonchev–Trinajstić information content (AvgIpc) is 3.22. The third kappa shape index (κ3) is 4.30. The predicted molar refractivity (Wildman–Crippen MR) is 107 cm³/mol. The quantitative estimate of drug-likeness (QED) is 0.670. The third-order valence-electron chi connectivity index (χ3n) is 4.83. The lowest BCUT2D eigenvalue weighted by Crippen LogP contribution is -2.39. The van der Waals surface area contributed by atoms with Crippen LogP contribution in [0.1, 0.15) is 34.8 Å². The molecule has 1 atom stereocenters. The summed E-state index contributed by atoms with van der Waals surface area (Å²) in [5.41, 5.74) is 0.847. The number of hydrogen-bond donors (Lipinski definition) is 0. The largest absolute Gasteiger partial charge is 0.493 e. The van der Waals surface area contributed by atoms with Crippen LogP contribution in [0, 0.1) is 0 Å². The van der Waals surface area contributed by atoms with Crippen molar-refractivity contribution in [1.82, 2.24) is 14.5 Å². The monoisotopic (exact) mass is 441 g/mol. The zero-order valence-electron chi connectivity index (χ0n) is 16.7. The van der Waals surface area contributed by atoms with E-state index in [-0.39, 0.29) is 16.0 Å². The fraction of sp³-hybridized carbons (Fsp3) is 0.500. The Morgan fingerprint density at radius 3 is 2.38 bits per heavy atom. The molecule has 0 radical (unpaired) electrons. The highest BCUT2D eigenvalue weighted by Crippen LogP contribution is 2.39. The molecular formula is C18H23N3O6S2. The minimum atomic E-state index is -3.41. The first-order valence-electron chi connectivity index (χ1n) is 8.91. The first-order chi connectivity index (χ1) is 13.8. The van der Waals surface area contributed by atoms with Gasteiger partial charge in [0.25, 0.3) is 5.91 Å². The van der Waals surface area contributed by atoms with Crippen molar-refractivity contribution >= 4 is 27.3 Å². The van der Waals surface area contributed by atoms with Gasteiger partial charge in [-0.05, 0) is 25.0 Å². The zero-order valence-corrected chi connectivity index (χ0v) is 18.3. The van der Waals surface area contributed by atoms with Gasteiger partial charge in [-0.1, -0.05) is 4.49 Å². The van der Waals surface area contributed by atoms with Gasteiger partial charge in [0.1, 0.15) is 0 Å². The molecule has 0 N–H and O–H groups in total. The van der Waals surface area contributed by atoms with E-state index in [1.165, 1.54) is 21.3 Å². The molecule has 0 spiro atoms. The van der Waals surface area contributed by atoms with Gasteiger partial charge in [-0.25, -0.2) is 8.42 Å². The summed E-state index contributed by atoms with van der Waals surface area (Å²) in [7, 11) is 1.07. The number of methoxy groups -OCH3 is 3. The molecule has 0 aliphatic carbocycles. The summed E-state index contributed by atoms with van der Waals surface area (Å²) in [4.78, 5) is 14.8. The summed E-state index contributed by atoms with van der Waals surface area (Å²) in [6.07, 6.45) is 2.63. The van der Waals surface area contributed by atoms with Gasteiger partial charge in [-0.3, -0.25) is 4.79 Å². The highest BCUT2D eigenvalue weighted by atomic mass is 32.2. The van der Waals surface area contributed by atoms with Crippen LogP contribution >= 0.6 is 11.5 Å². The van der Waals surface area contributed by atoms with Crippen molar-refractivity contribution < 1.29 is 27.4 Å². The van der Waals surface area contributed by atoms with Gasteiger partial charge in [0.05, 0.1) is 27.0 Å². The maximum absolute atomic E-state index is 13.2. The van der Waals surface area contributed by atoms with E-state index in [0.717, 1.165) is 30.6 Å². The third-order valence-corrected chi connectivity index (χ3v) is 7.38. The molecule has 158 valence electrons. The van der Waals surface area contributed by atoms with E-state index < -0.39 is 9.84 Å². The molecule has 0 bridgehead atoms. The van der Waals surface area contributed by atoms with Crippen molar-refractivity contribution in [2.45, 2.75) is 23.0 Å². The number of rotatable bonds is 6. The molecule has 1 fully saturated rings. The molecule has 2 heterocycles. The predicted octanol–water partition coefficient (Wildman–Crippen LogP) is 1.99. The molecule has 11 heteroatoms. The van der Waals surface area contributed by atoms with E-state index in [0.29, 0.717) is 41.6 Å². The number of piperidine rings is 1. The van der Waals surface area contributed by atoms with Crippen LogP contribution in [-0.2, 0) is 9.84 Å². The van der Waals surface area contributed by atoms with E-state index in [1.54, 1.807) is 17.0 Å². The van der Waals surface area contributed by atoms with Gasteiger partial charge in [0.2, 0.25) is 5.75 Å². The number of likely N-dealkylation sites (tertiary alicyclic amines) is 1. The van der Waals surface area contributed by atoms with Gasteiger partial charge in [-0.15, -0.1) is 5.10 Å². The van der Waals surface area contributed by atoms with Crippen molar-refractivity contribution in [3.8, 4) is 17.2 Å². The summed E-state index contributed by atoms with van der Waals surface area (Å²) in [6, 6.07) is 3.22. The van der Waals surface area contributed by atoms with Gasteiger partial charge in [0.15, 0.2) is 25.5 Å². The lowest BCUT2D eigenvalue weighted by atomic mass is 9.95. The normalized spacial score (nSPS) is 17.1. The van der Waals surface area contributed by atoms with Gasteiger partial charge in [-0.2, -0.15) is 0 Å². The van der Waals surface area contributed by atoms with Crippen LogP contribution in [0.15, 0.2) is 16.3 Å². The summed E-state index contributed by atoms with van der Waals surface area (Å²) < 4.78 is 44.0. The van der Waals surface area contributed by atoms with Crippen LogP contribution in [0.25, 0.3) is 0 Å². The Balaban J connectivity index is 1.88. The molecule has 0 saturated carbocycles. The lowest BCUT2D eigenvalue weighted by Gasteiger charge is -2.32. The van der Waals surface area contributed by atoms with Crippen molar-refractivity contribution in [3.63, 3.8) is 0 Å².